The van der Waals surface area contributed by atoms with Crippen LogP contribution in [0.1, 0.15) is 24.4 Å². The second kappa shape index (κ2) is 6.45. The van der Waals surface area contributed by atoms with Crippen LogP contribution >= 0.6 is 11.6 Å². The van der Waals surface area contributed by atoms with Crippen LogP contribution in [0.15, 0.2) is 6.07 Å². The van der Waals surface area contributed by atoms with Gasteiger partial charge in [-0.2, -0.15) is 0 Å². The zero-order valence-corrected chi connectivity index (χ0v) is 11.9. The van der Waals surface area contributed by atoms with E-state index in [0.29, 0.717) is 5.15 Å². The van der Waals surface area contributed by atoms with Gasteiger partial charge in [0.05, 0.1) is 6.54 Å². The minimum absolute atomic E-state index is 0.544. The normalized spacial score (nSPS) is 18.2. The number of nitrogens with one attached hydrogen (secondary N) is 1. The fourth-order valence-corrected chi connectivity index (χ4v) is 2.75. The highest BCUT2D eigenvalue weighted by Crippen LogP contribution is 2.18. The molecule has 2 rings (SSSR count). The number of piperidine rings is 1. The Morgan fingerprint density at radius 1 is 1.39 bits per heavy atom. The number of likely N-dealkylation sites (tertiary alicyclic amines) is 1. The summed E-state index contributed by atoms with van der Waals surface area (Å²) in [7, 11) is 2.02. The second-order valence-corrected chi connectivity index (χ2v) is 5.41. The Morgan fingerprint density at radius 3 is 2.72 bits per heavy atom. The van der Waals surface area contributed by atoms with E-state index in [1.807, 2.05) is 14.0 Å². The molecule has 0 amide bonds. The summed E-state index contributed by atoms with van der Waals surface area (Å²) in [6.45, 7) is 6.15. The summed E-state index contributed by atoms with van der Waals surface area (Å²) >= 11 is 5.95. The number of aromatic nitrogens is 2. The summed E-state index contributed by atoms with van der Waals surface area (Å²) in [4.78, 5) is 11.1. The molecule has 0 saturated carbocycles. The van der Waals surface area contributed by atoms with Gasteiger partial charge in [-0.3, -0.25) is 4.90 Å². The number of nitrogens with zero attached hydrogens (tertiary/aromatic N) is 3. The molecule has 100 valence electrons. The van der Waals surface area contributed by atoms with Crippen LogP contribution in [-0.4, -0.2) is 41.5 Å². The molecule has 5 heteroatoms. The Kier molecular flexibility index (Phi) is 4.92. The van der Waals surface area contributed by atoms with Crippen LogP contribution in [0.3, 0.4) is 0 Å². The van der Waals surface area contributed by atoms with Crippen molar-refractivity contribution in [3.8, 4) is 0 Å². The molecule has 0 radical (unpaired) electrons. The van der Waals surface area contributed by atoms with Gasteiger partial charge in [0.1, 0.15) is 11.0 Å². The van der Waals surface area contributed by atoms with Gasteiger partial charge < -0.3 is 5.32 Å². The van der Waals surface area contributed by atoms with Crippen molar-refractivity contribution in [1.29, 1.82) is 0 Å². The molecule has 1 aromatic rings. The number of hydrogen-bond donors (Lipinski definition) is 1. The van der Waals surface area contributed by atoms with Gasteiger partial charge >= 0.3 is 0 Å². The van der Waals surface area contributed by atoms with Crippen molar-refractivity contribution in [1.82, 2.24) is 20.2 Å². The van der Waals surface area contributed by atoms with Crippen molar-refractivity contribution in [2.24, 2.45) is 5.92 Å². The van der Waals surface area contributed by atoms with Gasteiger partial charge in [0.15, 0.2) is 0 Å². The van der Waals surface area contributed by atoms with E-state index in [1.54, 1.807) is 6.07 Å². The fourth-order valence-electron chi connectivity index (χ4n) is 2.50. The van der Waals surface area contributed by atoms with E-state index in [1.165, 1.54) is 12.8 Å². The van der Waals surface area contributed by atoms with Gasteiger partial charge in [0.2, 0.25) is 0 Å². The molecule has 2 heterocycles. The van der Waals surface area contributed by atoms with Gasteiger partial charge in [-0.15, -0.1) is 0 Å². The van der Waals surface area contributed by atoms with Gasteiger partial charge in [-0.25, -0.2) is 9.97 Å². The van der Waals surface area contributed by atoms with Crippen molar-refractivity contribution >= 4 is 11.6 Å². The quantitative estimate of drug-likeness (QED) is 0.847. The number of hydrogen-bond acceptors (Lipinski definition) is 4. The van der Waals surface area contributed by atoms with Crippen molar-refractivity contribution in [2.75, 3.05) is 26.7 Å². The lowest BCUT2D eigenvalue weighted by molar-refractivity contribution is 0.173. The van der Waals surface area contributed by atoms with Crippen molar-refractivity contribution in [3.63, 3.8) is 0 Å². The van der Waals surface area contributed by atoms with E-state index in [4.69, 9.17) is 11.6 Å². The van der Waals surface area contributed by atoms with E-state index >= 15 is 0 Å². The maximum absolute atomic E-state index is 5.95. The molecular formula is C13H21ClN4. The number of halogens is 1. The van der Waals surface area contributed by atoms with Crippen LogP contribution in [0.5, 0.6) is 0 Å². The average molecular weight is 269 g/mol. The Labute approximate surface area is 114 Å². The third kappa shape index (κ3) is 3.90. The lowest BCUT2D eigenvalue weighted by Gasteiger charge is -2.31. The summed E-state index contributed by atoms with van der Waals surface area (Å²) in [6, 6.07) is 1.80. The molecule has 1 aromatic heterocycles. The maximum Gasteiger partial charge on any atom is 0.144 e. The third-order valence-electron chi connectivity index (χ3n) is 3.43. The molecule has 0 spiro atoms. The Hall–Kier alpha value is -0.710. The molecule has 0 atom stereocenters. The molecular weight excluding hydrogens is 248 g/mol. The van der Waals surface area contributed by atoms with Crippen molar-refractivity contribution in [3.05, 3.63) is 22.7 Å². The van der Waals surface area contributed by atoms with Crippen LogP contribution in [0.2, 0.25) is 5.15 Å². The SMILES string of the molecule is CNCC1CCN(Cc2nc(C)cc(Cl)n2)CC1. The van der Waals surface area contributed by atoms with E-state index in [-0.39, 0.29) is 0 Å². The topological polar surface area (TPSA) is 41.0 Å². The average Bonchev–Trinajstić information content (AvgIpc) is 2.31. The molecule has 1 saturated heterocycles. The third-order valence-corrected chi connectivity index (χ3v) is 3.63. The van der Waals surface area contributed by atoms with Crippen LogP contribution in [0.4, 0.5) is 0 Å². The van der Waals surface area contributed by atoms with Gasteiger partial charge in [0, 0.05) is 5.69 Å². The molecule has 1 fully saturated rings. The highest BCUT2D eigenvalue weighted by molar-refractivity contribution is 6.29. The standard InChI is InChI=1S/C13H21ClN4/c1-10-7-12(14)17-13(16-10)9-18-5-3-11(4-6-18)8-15-2/h7,11,15H,3-6,8-9H2,1-2H3. The zero-order valence-electron chi connectivity index (χ0n) is 11.1. The van der Waals surface area contributed by atoms with E-state index in [9.17, 15) is 0 Å². The maximum atomic E-state index is 5.95. The lowest BCUT2D eigenvalue weighted by atomic mass is 9.97. The summed E-state index contributed by atoms with van der Waals surface area (Å²) in [5, 5.41) is 3.80. The number of rotatable bonds is 4. The van der Waals surface area contributed by atoms with Crippen molar-refractivity contribution < 1.29 is 0 Å². The number of aryl methyl sites for hydroxylation is 1. The largest absolute Gasteiger partial charge is 0.319 e. The van der Waals surface area contributed by atoms with Crippen LogP contribution in [-0.2, 0) is 6.54 Å². The molecule has 0 aliphatic carbocycles. The predicted octanol–water partition coefficient (Wildman–Crippen LogP) is 1.87. The van der Waals surface area contributed by atoms with Crippen LogP contribution in [0.25, 0.3) is 0 Å². The minimum Gasteiger partial charge on any atom is -0.319 e. The second-order valence-electron chi connectivity index (χ2n) is 5.03. The first-order chi connectivity index (χ1) is 8.67. The Bertz CT molecular complexity index is 368. The monoisotopic (exact) mass is 268 g/mol. The first-order valence-electron chi connectivity index (χ1n) is 6.54. The molecule has 1 N–H and O–H groups in total. The van der Waals surface area contributed by atoms with Crippen LogP contribution in [0, 0.1) is 12.8 Å². The van der Waals surface area contributed by atoms with Crippen LogP contribution < -0.4 is 5.32 Å². The van der Waals surface area contributed by atoms with E-state index in [0.717, 1.165) is 43.6 Å². The summed E-state index contributed by atoms with van der Waals surface area (Å²) in [5.74, 6) is 1.65. The van der Waals surface area contributed by atoms with Gasteiger partial charge in [0.25, 0.3) is 0 Å². The Morgan fingerprint density at radius 2 is 2.11 bits per heavy atom. The highest BCUT2D eigenvalue weighted by Gasteiger charge is 2.19. The Balaban J connectivity index is 1.87. The molecule has 1 aliphatic rings. The summed E-state index contributed by atoms with van der Waals surface area (Å²) in [6.07, 6.45) is 2.50. The molecule has 0 unspecified atom stereocenters. The molecule has 0 bridgehead atoms. The fraction of sp³-hybridized carbons (Fsp3) is 0.692. The zero-order chi connectivity index (χ0) is 13.0. The lowest BCUT2D eigenvalue weighted by Crippen LogP contribution is -2.36. The first kappa shape index (κ1) is 13.7. The highest BCUT2D eigenvalue weighted by atomic mass is 35.5. The first-order valence-corrected chi connectivity index (χ1v) is 6.92. The molecule has 1 aliphatic heterocycles. The van der Waals surface area contributed by atoms with Gasteiger partial charge in [-0.05, 0) is 58.4 Å². The van der Waals surface area contributed by atoms with Gasteiger partial charge in [-0.1, -0.05) is 11.6 Å². The molecule has 18 heavy (non-hydrogen) atoms. The van der Waals surface area contributed by atoms with Crippen molar-refractivity contribution in [2.45, 2.75) is 26.3 Å². The molecule has 4 nitrogen and oxygen atoms in total. The van der Waals surface area contributed by atoms with E-state index < -0.39 is 0 Å². The smallest absolute Gasteiger partial charge is 0.144 e. The molecule has 0 aromatic carbocycles. The minimum atomic E-state index is 0.544. The summed E-state index contributed by atoms with van der Waals surface area (Å²) < 4.78 is 0. The predicted molar refractivity (Wildman–Crippen MR) is 73.7 cm³/mol. The summed E-state index contributed by atoms with van der Waals surface area (Å²) in [5.41, 5.74) is 0.940. The van der Waals surface area contributed by atoms with E-state index in [2.05, 4.69) is 20.2 Å².